The van der Waals surface area contributed by atoms with Crippen molar-refractivity contribution in [3.05, 3.63) is 0 Å². The number of nitrogens with zero attached hydrogens (tertiary/aromatic N) is 1. The van der Waals surface area contributed by atoms with Gasteiger partial charge in [0.05, 0.1) is 12.2 Å². The lowest BCUT2D eigenvalue weighted by Gasteiger charge is -2.31. The molecule has 14 heavy (non-hydrogen) atoms. The van der Waals surface area contributed by atoms with Gasteiger partial charge in [0, 0.05) is 6.54 Å². The van der Waals surface area contributed by atoms with Crippen molar-refractivity contribution in [1.29, 1.82) is 5.26 Å². The number of aliphatic hydroxyl groups excluding tert-OH is 1. The van der Waals surface area contributed by atoms with Crippen molar-refractivity contribution in [1.82, 2.24) is 5.32 Å². The monoisotopic (exact) mass is 196 g/mol. The minimum absolute atomic E-state index is 0.184. The molecule has 1 aliphatic carbocycles. The number of hydrogen-bond donors (Lipinski definition) is 2. The molecular weight excluding hydrogens is 180 g/mol. The first kappa shape index (κ1) is 11.0. The van der Waals surface area contributed by atoms with Gasteiger partial charge in [-0.15, -0.1) is 0 Å². The van der Waals surface area contributed by atoms with Crippen molar-refractivity contribution in [3.63, 3.8) is 0 Å². The smallest absolute Gasteiger partial charge is 0.237 e. The van der Waals surface area contributed by atoms with E-state index in [1.807, 2.05) is 13.0 Å². The quantitative estimate of drug-likeness (QED) is 0.684. The Hall–Kier alpha value is -1.08. The van der Waals surface area contributed by atoms with Gasteiger partial charge in [-0.25, -0.2) is 0 Å². The lowest BCUT2D eigenvalue weighted by atomic mass is 9.82. The molecule has 0 aliphatic heterocycles. The van der Waals surface area contributed by atoms with Gasteiger partial charge < -0.3 is 10.4 Å². The third kappa shape index (κ3) is 2.71. The molecule has 0 aromatic rings. The molecule has 4 nitrogen and oxygen atoms in total. The van der Waals surface area contributed by atoms with Crippen LogP contribution in [0.3, 0.4) is 0 Å². The maximum Gasteiger partial charge on any atom is 0.237 e. The summed E-state index contributed by atoms with van der Waals surface area (Å²) < 4.78 is 0. The maximum atomic E-state index is 11.3. The molecule has 2 N–H and O–H groups in total. The third-order valence-corrected chi connectivity index (χ3v) is 2.66. The summed E-state index contributed by atoms with van der Waals surface area (Å²) in [6.07, 6.45) is 1.90. The van der Waals surface area contributed by atoms with Crippen LogP contribution in [0.4, 0.5) is 0 Å². The molecule has 1 aliphatic rings. The first-order valence-corrected chi connectivity index (χ1v) is 5.02. The Labute approximate surface area is 83.9 Å². The molecule has 1 fully saturated rings. The van der Waals surface area contributed by atoms with Gasteiger partial charge in [-0.2, -0.15) is 5.26 Å². The van der Waals surface area contributed by atoms with Gasteiger partial charge in [-0.1, -0.05) is 6.92 Å². The molecule has 1 unspecified atom stereocenters. The largest absolute Gasteiger partial charge is 0.393 e. The summed E-state index contributed by atoms with van der Waals surface area (Å²) in [7, 11) is 0. The molecule has 0 aromatic heterocycles. The lowest BCUT2D eigenvalue weighted by Crippen LogP contribution is -2.40. The average Bonchev–Trinajstić information content (AvgIpc) is 2.12. The van der Waals surface area contributed by atoms with Gasteiger partial charge in [0.2, 0.25) is 5.91 Å². The Morgan fingerprint density at radius 1 is 1.71 bits per heavy atom. The highest BCUT2D eigenvalue weighted by molar-refractivity contribution is 5.80. The van der Waals surface area contributed by atoms with E-state index in [1.54, 1.807) is 0 Å². The number of rotatable bonds is 4. The second kappa shape index (κ2) is 4.97. The van der Waals surface area contributed by atoms with Gasteiger partial charge in [0.1, 0.15) is 5.92 Å². The summed E-state index contributed by atoms with van der Waals surface area (Å²) in [5, 5.41) is 20.4. The molecule has 0 bridgehead atoms. The Morgan fingerprint density at radius 3 is 2.79 bits per heavy atom. The molecule has 0 radical (unpaired) electrons. The molecule has 4 heteroatoms. The Morgan fingerprint density at radius 2 is 2.36 bits per heavy atom. The molecule has 78 valence electrons. The van der Waals surface area contributed by atoms with Crippen molar-refractivity contribution < 1.29 is 9.90 Å². The number of amides is 1. The van der Waals surface area contributed by atoms with Crippen LogP contribution in [0, 0.1) is 23.2 Å². The van der Waals surface area contributed by atoms with Crippen molar-refractivity contribution in [2.45, 2.75) is 32.3 Å². The highest BCUT2D eigenvalue weighted by atomic mass is 16.3. The zero-order valence-corrected chi connectivity index (χ0v) is 8.36. The van der Waals surface area contributed by atoms with Gasteiger partial charge in [0.15, 0.2) is 0 Å². The van der Waals surface area contributed by atoms with E-state index in [1.165, 1.54) is 0 Å². The normalized spacial score (nSPS) is 27.2. The first-order valence-electron chi connectivity index (χ1n) is 5.02. The van der Waals surface area contributed by atoms with E-state index in [0.717, 1.165) is 12.8 Å². The second-order valence-electron chi connectivity index (χ2n) is 3.83. The maximum absolute atomic E-state index is 11.3. The molecule has 1 saturated carbocycles. The molecule has 1 rings (SSSR count). The standard InChI is InChI=1S/C10H16N2O2/c1-2-8(5-11)10(14)12-6-7-3-9(13)4-7/h7-9,13H,2-4,6H2,1H3,(H,12,14). The van der Waals surface area contributed by atoms with Crippen LogP contribution in [0.2, 0.25) is 0 Å². The Kier molecular flexibility index (Phi) is 3.90. The zero-order valence-electron chi connectivity index (χ0n) is 8.36. The summed E-state index contributed by atoms with van der Waals surface area (Å²) in [6, 6.07) is 1.96. The fourth-order valence-electron chi connectivity index (χ4n) is 1.57. The van der Waals surface area contributed by atoms with E-state index < -0.39 is 5.92 Å². The van der Waals surface area contributed by atoms with E-state index in [4.69, 9.17) is 10.4 Å². The molecule has 0 heterocycles. The fraction of sp³-hybridized carbons (Fsp3) is 0.800. The topological polar surface area (TPSA) is 73.1 Å². The van der Waals surface area contributed by atoms with E-state index in [9.17, 15) is 4.79 Å². The van der Waals surface area contributed by atoms with Crippen LogP contribution < -0.4 is 5.32 Å². The summed E-state index contributed by atoms with van der Waals surface area (Å²) in [5.74, 6) is -0.318. The average molecular weight is 196 g/mol. The second-order valence-corrected chi connectivity index (χ2v) is 3.83. The summed E-state index contributed by atoms with van der Waals surface area (Å²) in [4.78, 5) is 11.3. The van der Waals surface area contributed by atoms with Crippen molar-refractivity contribution in [3.8, 4) is 6.07 Å². The number of carbonyl (C=O) groups is 1. The summed E-state index contributed by atoms with van der Waals surface area (Å²) >= 11 is 0. The zero-order chi connectivity index (χ0) is 10.6. The Bertz CT molecular complexity index is 241. The fourth-order valence-corrected chi connectivity index (χ4v) is 1.57. The summed E-state index contributed by atoms with van der Waals surface area (Å²) in [5.41, 5.74) is 0. The Balaban J connectivity index is 2.18. The molecule has 1 amide bonds. The van der Waals surface area contributed by atoms with Crippen molar-refractivity contribution in [2.75, 3.05) is 6.54 Å². The SMILES string of the molecule is CCC(C#N)C(=O)NCC1CC(O)C1. The number of carbonyl (C=O) groups excluding carboxylic acids is 1. The highest BCUT2D eigenvalue weighted by Crippen LogP contribution is 2.26. The van der Waals surface area contributed by atoms with Crippen molar-refractivity contribution in [2.24, 2.45) is 11.8 Å². The minimum Gasteiger partial charge on any atom is -0.393 e. The van der Waals surface area contributed by atoms with Crippen LogP contribution in [0.1, 0.15) is 26.2 Å². The number of nitriles is 1. The van der Waals surface area contributed by atoms with Crippen LogP contribution in [0.5, 0.6) is 0 Å². The highest BCUT2D eigenvalue weighted by Gasteiger charge is 2.27. The predicted octanol–water partition coefficient (Wildman–Crippen LogP) is 0.423. The van der Waals surface area contributed by atoms with E-state index in [-0.39, 0.29) is 12.0 Å². The van der Waals surface area contributed by atoms with Gasteiger partial charge in [-0.05, 0) is 25.2 Å². The van der Waals surface area contributed by atoms with Gasteiger partial charge in [0.25, 0.3) is 0 Å². The van der Waals surface area contributed by atoms with E-state index in [0.29, 0.717) is 18.9 Å². The van der Waals surface area contributed by atoms with Gasteiger partial charge >= 0.3 is 0 Å². The molecule has 0 saturated heterocycles. The third-order valence-electron chi connectivity index (χ3n) is 2.66. The molecule has 1 atom stereocenters. The van der Waals surface area contributed by atoms with Gasteiger partial charge in [-0.3, -0.25) is 4.79 Å². The van der Waals surface area contributed by atoms with E-state index >= 15 is 0 Å². The molecule has 0 spiro atoms. The number of aliphatic hydroxyl groups is 1. The number of nitrogens with one attached hydrogen (secondary N) is 1. The van der Waals surface area contributed by atoms with Crippen LogP contribution in [-0.2, 0) is 4.79 Å². The van der Waals surface area contributed by atoms with Crippen LogP contribution in [0.25, 0.3) is 0 Å². The summed E-state index contributed by atoms with van der Waals surface area (Å²) in [6.45, 7) is 2.41. The first-order chi connectivity index (χ1) is 6.67. The predicted molar refractivity (Wildman–Crippen MR) is 51.1 cm³/mol. The van der Waals surface area contributed by atoms with Crippen LogP contribution >= 0.6 is 0 Å². The number of hydrogen-bond acceptors (Lipinski definition) is 3. The van der Waals surface area contributed by atoms with E-state index in [2.05, 4.69) is 5.32 Å². The van der Waals surface area contributed by atoms with Crippen molar-refractivity contribution >= 4 is 5.91 Å². The van der Waals surface area contributed by atoms with Crippen LogP contribution in [-0.4, -0.2) is 23.7 Å². The molecular formula is C10H16N2O2. The lowest BCUT2D eigenvalue weighted by molar-refractivity contribution is -0.124. The van der Waals surface area contributed by atoms with Crippen LogP contribution in [0.15, 0.2) is 0 Å². The molecule has 0 aromatic carbocycles. The minimum atomic E-state index is -0.528.